The highest BCUT2D eigenvalue weighted by molar-refractivity contribution is 9.10. The van der Waals surface area contributed by atoms with Gasteiger partial charge in [0, 0.05) is 15.2 Å². The molecule has 0 atom stereocenters. The van der Waals surface area contributed by atoms with Gasteiger partial charge in [0.1, 0.15) is 0 Å². The fourth-order valence-corrected chi connectivity index (χ4v) is 1.60. The molecule has 0 bridgehead atoms. The van der Waals surface area contributed by atoms with Crippen LogP contribution in [0.2, 0.25) is 0 Å². The molecule has 2 N–H and O–H groups in total. The van der Waals surface area contributed by atoms with Crippen LogP contribution in [0.15, 0.2) is 27.8 Å². The van der Waals surface area contributed by atoms with Crippen molar-refractivity contribution in [2.24, 2.45) is 5.18 Å². The van der Waals surface area contributed by atoms with Crippen molar-refractivity contribution in [3.8, 4) is 5.88 Å². The summed E-state index contributed by atoms with van der Waals surface area (Å²) in [6, 6.07) is 5.21. The molecule has 0 aliphatic heterocycles. The van der Waals surface area contributed by atoms with E-state index in [1.165, 1.54) is 0 Å². The van der Waals surface area contributed by atoms with E-state index >= 15 is 0 Å². The van der Waals surface area contributed by atoms with Gasteiger partial charge in [-0.15, -0.1) is 4.91 Å². The lowest BCUT2D eigenvalue weighted by molar-refractivity contribution is 0.463. The Morgan fingerprint density at radius 3 is 2.85 bits per heavy atom. The Morgan fingerprint density at radius 1 is 1.38 bits per heavy atom. The number of benzene rings is 1. The molecule has 0 fully saturated rings. The minimum Gasteiger partial charge on any atom is -0.494 e. The summed E-state index contributed by atoms with van der Waals surface area (Å²) in [6.45, 7) is 0. The highest BCUT2D eigenvalue weighted by Crippen LogP contribution is 2.34. The van der Waals surface area contributed by atoms with E-state index in [2.05, 4.69) is 26.1 Å². The van der Waals surface area contributed by atoms with E-state index in [9.17, 15) is 10.0 Å². The quantitative estimate of drug-likeness (QED) is 0.753. The van der Waals surface area contributed by atoms with Gasteiger partial charge in [-0.05, 0) is 23.4 Å². The summed E-state index contributed by atoms with van der Waals surface area (Å²) in [5.41, 5.74) is 0. The van der Waals surface area contributed by atoms with Gasteiger partial charge in [0.2, 0.25) is 0 Å². The molecule has 13 heavy (non-hydrogen) atoms. The highest BCUT2D eigenvalue weighted by atomic mass is 79.9. The van der Waals surface area contributed by atoms with Crippen molar-refractivity contribution >= 4 is 32.5 Å². The molecular weight excluding hydrogens is 236 g/mol. The largest absolute Gasteiger partial charge is 0.494 e. The molecule has 2 rings (SSSR count). The number of nitrogens with one attached hydrogen (secondary N) is 1. The van der Waals surface area contributed by atoms with E-state index in [1.807, 2.05) is 0 Å². The van der Waals surface area contributed by atoms with Gasteiger partial charge >= 0.3 is 0 Å². The third-order valence-corrected chi connectivity index (χ3v) is 2.31. The summed E-state index contributed by atoms with van der Waals surface area (Å²) in [4.78, 5) is 12.8. The van der Waals surface area contributed by atoms with Gasteiger partial charge < -0.3 is 10.1 Å². The van der Waals surface area contributed by atoms with Crippen LogP contribution in [-0.2, 0) is 0 Å². The Bertz CT molecular complexity index is 478. The summed E-state index contributed by atoms with van der Waals surface area (Å²) in [5, 5.41) is 13.3. The zero-order valence-corrected chi connectivity index (χ0v) is 8.00. The summed E-state index contributed by atoms with van der Waals surface area (Å²) >= 11 is 3.26. The van der Waals surface area contributed by atoms with Crippen LogP contribution in [0.25, 0.3) is 10.8 Å². The minimum atomic E-state index is -0.0362. The second-order valence-electron chi connectivity index (χ2n) is 2.60. The van der Waals surface area contributed by atoms with E-state index in [4.69, 9.17) is 0 Å². The smallest absolute Gasteiger partial charge is 0.198 e. The summed E-state index contributed by atoms with van der Waals surface area (Å²) in [6.07, 6.45) is 0. The first-order valence-electron chi connectivity index (χ1n) is 3.56. The molecule has 0 aliphatic carbocycles. The molecule has 0 radical (unpaired) electrons. The van der Waals surface area contributed by atoms with Crippen molar-refractivity contribution < 1.29 is 5.11 Å². The normalized spacial score (nSPS) is 10.5. The molecule has 1 heterocycles. The standard InChI is InChI=1S/C8H5BrN2O2/c9-4-1-2-5-6(3-4)8(12)10-7(5)11-13/h1-3,10,12H. The molecule has 2 aromatic rings. The van der Waals surface area contributed by atoms with Crippen molar-refractivity contribution in [2.75, 3.05) is 0 Å². The van der Waals surface area contributed by atoms with Gasteiger partial charge in [-0.25, -0.2) is 0 Å². The lowest BCUT2D eigenvalue weighted by Crippen LogP contribution is -1.65. The Kier molecular flexibility index (Phi) is 1.81. The first-order valence-corrected chi connectivity index (χ1v) is 4.35. The predicted molar refractivity (Wildman–Crippen MR) is 53.1 cm³/mol. The molecule has 0 spiro atoms. The van der Waals surface area contributed by atoms with Crippen molar-refractivity contribution in [3.63, 3.8) is 0 Å². The average molecular weight is 241 g/mol. The molecule has 0 saturated carbocycles. The van der Waals surface area contributed by atoms with Gasteiger partial charge in [0.05, 0.1) is 0 Å². The predicted octanol–water partition coefficient (Wildman–Crippen LogP) is 3.03. The first-order chi connectivity index (χ1) is 6.22. The van der Waals surface area contributed by atoms with Gasteiger partial charge in [0.25, 0.3) is 0 Å². The Morgan fingerprint density at radius 2 is 2.15 bits per heavy atom. The van der Waals surface area contributed by atoms with Crippen LogP contribution in [0.5, 0.6) is 5.88 Å². The Balaban J connectivity index is 2.88. The number of aromatic amines is 1. The van der Waals surface area contributed by atoms with Crippen LogP contribution in [0.3, 0.4) is 0 Å². The van der Waals surface area contributed by atoms with Crippen molar-refractivity contribution in [1.29, 1.82) is 0 Å². The van der Waals surface area contributed by atoms with Crippen LogP contribution in [0, 0.1) is 4.91 Å². The fraction of sp³-hybridized carbons (Fsp3) is 0. The maximum Gasteiger partial charge on any atom is 0.198 e. The first kappa shape index (κ1) is 8.25. The number of H-pyrrole nitrogens is 1. The van der Waals surface area contributed by atoms with E-state index < -0.39 is 0 Å². The molecule has 0 amide bonds. The van der Waals surface area contributed by atoms with Crippen LogP contribution in [-0.4, -0.2) is 10.1 Å². The molecule has 0 aliphatic rings. The number of halogens is 1. The molecule has 5 heteroatoms. The lowest BCUT2D eigenvalue weighted by atomic mass is 10.2. The number of hydrogen-bond donors (Lipinski definition) is 2. The molecular formula is C8H5BrN2O2. The third kappa shape index (κ3) is 1.21. The Hall–Kier alpha value is -1.36. The highest BCUT2D eigenvalue weighted by Gasteiger charge is 2.09. The number of aromatic nitrogens is 1. The summed E-state index contributed by atoms with van der Waals surface area (Å²) in [7, 11) is 0. The zero-order valence-electron chi connectivity index (χ0n) is 6.41. The van der Waals surface area contributed by atoms with E-state index in [0.29, 0.717) is 10.8 Å². The number of aromatic hydroxyl groups is 1. The topological polar surface area (TPSA) is 65.5 Å². The minimum absolute atomic E-state index is 0.0362. The van der Waals surface area contributed by atoms with Gasteiger partial charge in [-0.3, -0.25) is 0 Å². The summed E-state index contributed by atoms with van der Waals surface area (Å²) in [5.74, 6) is 0.117. The molecule has 4 nitrogen and oxygen atoms in total. The van der Waals surface area contributed by atoms with Crippen LogP contribution < -0.4 is 0 Å². The molecule has 1 aromatic carbocycles. The maximum atomic E-state index is 10.3. The van der Waals surface area contributed by atoms with Gasteiger partial charge in [-0.1, -0.05) is 15.9 Å². The lowest BCUT2D eigenvalue weighted by Gasteiger charge is -1.90. The monoisotopic (exact) mass is 240 g/mol. The Labute approximate surface area is 81.7 Å². The number of rotatable bonds is 1. The number of hydrogen-bond acceptors (Lipinski definition) is 3. The van der Waals surface area contributed by atoms with E-state index in [0.717, 1.165) is 4.47 Å². The van der Waals surface area contributed by atoms with Crippen LogP contribution in [0.4, 0.5) is 5.82 Å². The molecule has 1 aromatic heterocycles. The second-order valence-corrected chi connectivity index (χ2v) is 3.52. The van der Waals surface area contributed by atoms with E-state index in [1.54, 1.807) is 18.2 Å². The summed E-state index contributed by atoms with van der Waals surface area (Å²) < 4.78 is 0.840. The third-order valence-electron chi connectivity index (χ3n) is 1.82. The zero-order chi connectivity index (χ0) is 9.42. The van der Waals surface area contributed by atoms with Crippen molar-refractivity contribution in [3.05, 3.63) is 27.6 Å². The van der Waals surface area contributed by atoms with Crippen LogP contribution >= 0.6 is 15.9 Å². The molecule has 66 valence electrons. The second kappa shape index (κ2) is 2.85. The molecule has 0 saturated heterocycles. The van der Waals surface area contributed by atoms with E-state index in [-0.39, 0.29) is 11.7 Å². The van der Waals surface area contributed by atoms with Crippen molar-refractivity contribution in [2.45, 2.75) is 0 Å². The molecule has 0 unspecified atom stereocenters. The number of nitrogens with zero attached hydrogens (tertiary/aromatic N) is 1. The number of fused-ring (bicyclic) bond motifs is 1. The maximum absolute atomic E-state index is 10.3. The van der Waals surface area contributed by atoms with Crippen LogP contribution in [0.1, 0.15) is 0 Å². The fourth-order valence-electron chi connectivity index (χ4n) is 1.24. The average Bonchev–Trinajstić information content (AvgIpc) is 2.43. The van der Waals surface area contributed by atoms with Crippen molar-refractivity contribution in [1.82, 2.24) is 4.98 Å². The number of nitroso groups, excluding NO2 is 1. The SMILES string of the molecule is O=Nc1[nH]c(O)c2cc(Br)ccc12. The van der Waals surface area contributed by atoms with Gasteiger partial charge in [0.15, 0.2) is 11.7 Å². The van der Waals surface area contributed by atoms with Gasteiger partial charge in [-0.2, -0.15) is 0 Å².